The molecule has 0 saturated heterocycles. The van der Waals surface area contributed by atoms with Gasteiger partial charge in [0.15, 0.2) is 0 Å². The van der Waals surface area contributed by atoms with Gasteiger partial charge in [-0.2, -0.15) is 0 Å². The maximum atomic E-state index is 13.1. The second kappa shape index (κ2) is 13.8. The van der Waals surface area contributed by atoms with Crippen LogP contribution in [-0.4, -0.2) is 37.4 Å². The minimum Gasteiger partial charge on any atom is -0.369 e. The highest BCUT2D eigenvalue weighted by Crippen LogP contribution is 2.44. The van der Waals surface area contributed by atoms with Gasteiger partial charge in [-0.3, -0.25) is 14.4 Å². The molecule has 188 valence electrons. The Morgan fingerprint density at radius 1 is 0.812 bits per heavy atom. The number of hydrogen-bond acceptors (Lipinski definition) is 4. The minimum absolute atomic E-state index is 0.0110. The molecule has 7 nitrogen and oxygen atoms in total. The van der Waals surface area contributed by atoms with Crippen LogP contribution in [0.1, 0.15) is 87.5 Å². The van der Waals surface area contributed by atoms with E-state index in [1.807, 2.05) is 0 Å². The van der Waals surface area contributed by atoms with Crippen molar-refractivity contribution in [2.45, 2.75) is 87.5 Å². The van der Waals surface area contributed by atoms with Gasteiger partial charge in [0, 0.05) is 24.9 Å². The van der Waals surface area contributed by atoms with E-state index < -0.39 is 0 Å². The third kappa shape index (κ3) is 10.8. The van der Waals surface area contributed by atoms with Crippen LogP contribution in [0.15, 0.2) is 0 Å². The highest BCUT2D eigenvalue weighted by atomic mass is 16.2. The maximum absolute atomic E-state index is 13.1. The third-order valence-corrected chi connectivity index (χ3v) is 6.83. The maximum Gasteiger partial charge on any atom is 0.233 e. The van der Waals surface area contributed by atoms with E-state index in [4.69, 9.17) is 11.5 Å². The molecule has 0 aromatic rings. The molecule has 0 saturated carbocycles. The first-order valence-electron chi connectivity index (χ1n) is 12.2. The number of carbonyl (C=O) groups is 3. The van der Waals surface area contributed by atoms with Crippen LogP contribution < -0.4 is 22.1 Å². The summed E-state index contributed by atoms with van der Waals surface area (Å²) < 4.78 is 0. The van der Waals surface area contributed by atoms with E-state index in [9.17, 15) is 14.4 Å². The molecule has 0 rings (SSSR count). The van der Waals surface area contributed by atoms with Crippen LogP contribution in [0, 0.1) is 34.5 Å². The number of nitrogens with two attached hydrogens (primary N) is 2. The summed E-state index contributed by atoms with van der Waals surface area (Å²) in [6.45, 7) is 18.1. The molecule has 0 aliphatic rings. The molecule has 0 spiro atoms. The highest BCUT2D eigenvalue weighted by Gasteiger charge is 2.42. The van der Waals surface area contributed by atoms with Gasteiger partial charge in [0.1, 0.15) is 0 Å². The lowest BCUT2D eigenvalue weighted by Crippen LogP contribution is -2.44. The van der Waals surface area contributed by atoms with E-state index in [0.717, 1.165) is 25.7 Å². The molecular weight excluding hydrogens is 404 g/mol. The molecule has 0 radical (unpaired) electrons. The van der Waals surface area contributed by atoms with Crippen LogP contribution in [0.3, 0.4) is 0 Å². The van der Waals surface area contributed by atoms with Crippen molar-refractivity contribution in [2.75, 3.05) is 19.6 Å². The second-order valence-corrected chi connectivity index (χ2v) is 11.4. The predicted octanol–water partition coefficient (Wildman–Crippen LogP) is 3.21. The molecule has 32 heavy (non-hydrogen) atoms. The number of rotatable bonds is 15. The Hall–Kier alpha value is -1.63. The first-order valence-corrected chi connectivity index (χ1v) is 12.2. The lowest BCUT2D eigenvalue weighted by Gasteiger charge is -2.42. The Balaban J connectivity index is 4.92. The molecule has 3 unspecified atom stereocenters. The lowest BCUT2D eigenvalue weighted by molar-refractivity contribution is -0.131. The summed E-state index contributed by atoms with van der Waals surface area (Å²) in [5, 5.41) is 5.85. The fraction of sp³-hybridized carbons (Fsp3) is 0.880. The van der Waals surface area contributed by atoms with Crippen LogP contribution in [0.2, 0.25) is 0 Å². The van der Waals surface area contributed by atoms with Crippen molar-refractivity contribution < 1.29 is 14.4 Å². The first-order chi connectivity index (χ1) is 14.6. The third-order valence-electron chi connectivity index (χ3n) is 6.83. The van der Waals surface area contributed by atoms with Crippen LogP contribution in [0.25, 0.3) is 0 Å². The Morgan fingerprint density at radius 2 is 1.34 bits per heavy atom. The molecule has 6 N–H and O–H groups in total. The standard InChI is InChI=1S/C25H50N4O3/c1-17(2)14-19(22(27)31)25(7,8)18(3)15-20(24(4,5)6)23(32)29-13-11-9-10-12-28-21(30)16-26/h17-20H,9-16,26H2,1-8H3,(H2,27,31)(H,28,30)(H,29,32). The summed E-state index contributed by atoms with van der Waals surface area (Å²) in [4.78, 5) is 36.4. The zero-order valence-corrected chi connectivity index (χ0v) is 21.8. The summed E-state index contributed by atoms with van der Waals surface area (Å²) in [7, 11) is 0. The van der Waals surface area contributed by atoms with E-state index in [-0.39, 0.29) is 52.8 Å². The number of hydrogen-bond donors (Lipinski definition) is 4. The molecule has 7 heteroatoms. The van der Waals surface area contributed by atoms with Gasteiger partial charge in [0.2, 0.25) is 17.7 Å². The van der Waals surface area contributed by atoms with Crippen LogP contribution in [0.4, 0.5) is 0 Å². The van der Waals surface area contributed by atoms with E-state index in [2.05, 4.69) is 66.0 Å². The van der Waals surface area contributed by atoms with Crippen LogP contribution in [-0.2, 0) is 14.4 Å². The molecular formula is C25H50N4O3. The van der Waals surface area contributed by atoms with Gasteiger partial charge in [0.25, 0.3) is 0 Å². The van der Waals surface area contributed by atoms with Crippen molar-refractivity contribution in [1.82, 2.24) is 10.6 Å². The largest absolute Gasteiger partial charge is 0.369 e. The summed E-state index contributed by atoms with van der Waals surface area (Å²) >= 11 is 0. The fourth-order valence-corrected chi connectivity index (χ4v) is 4.17. The van der Waals surface area contributed by atoms with Crippen LogP contribution >= 0.6 is 0 Å². The quantitative estimate of drug-likeness (QED) is 0.283. The number of amides is 3. The Kier molecular flexibility index (Phi) is 13.1. The topological polar surface area (TPSA) is 127 Å². The molecule has 0 aliphatic carbocycles. The van der Waals surface area contributed by atoms with Gasteiger partial charge in [0.05, 0.1) is 6.54 Å². The predicted molar refractivity (Wildman–Crippen MR) is 132 cm³/mol. The smallest absolute Gasteiger partial charge is 0.233 e. The van der Waals surface area contributed by atoms with E-state index in [0.29, 0.717) is 25.4 Å². The van der Waals surface area contributed by atoms with Gasteiger partial charge >= 0.3 is 0 Å². The Bertz CT molecular complexity index is 596. The molecule has 3 amide bonds. The minimum atomic E-state index is -0.298. The van der Waals surface area contributed by atoms with Gasteiger partial charge in [-0.05, 0) is 54.8 Å². The van der Waals surface area contributed by atoms with Gasteiger partial charge < -0.3 is 22.1 Å². The zero-order valence-electron chi connectivity index (χ0n) is 21.8. The molecule has 0 fully saturated rings. The van der Waals surface area contributed by atoms with E-state index in [1.54, 1.807) is 0 Å². The van der Waals surface area contributed by atoms with E-state index >= 15 is 0 Å². The van der Waals surface area contributed by atoms with Crippen molar-refractivity contribution in [2.24, 2.45) is 46.0 Å². The number of nitrogens with one attached hydrogen (secondary N) is 2. The number of unbranched alkanes of at least 4 members (excludes halogenated alkanes) is 2. The van der Waals surface area contributed by atoms with Crippen LogP contribution in [0.5, 0.6) is 0 Å². The second-order valence-electron chi connectivity index (χ2n) is 11.4. The van der Waals surface area contributed by atoms with Crippen molar-refractivity contribution in [1.29, 1.82) is 0 Å². The Labute approximate surface area is 196 Å². The molecule has 0 bridgehead atoms. The molecule has 3 atom stereocenters. The summed E-state index contributed by atoms with van der Waals surface area (Å²) in [5.41, 5.74) is 10.5. The first kappa shape index (κ1) is 30.4. The fourth-order valence-electron chi connectivity index (χ4n) is 4.17. The van der Waals surface area contributed by atoms with Gasteiger partial charge in [-0.1, -0.05) is 55.4 Å². The van der Waals surface area contributed by atoms with Crippen molar-refractivity contribution >= 4 is 17.7 Å². The van der Waals surface area contributed by atoms with Crippen molar-refractivity contribution in [3.63, 3.8) is 0 Å². The molecule has 0 aromatic heterocycles. The summed E-state index contributed by atoms with van der Waals surface area (Å²) in [5.74, 6) is -0.181. The average molecular weight is 455 g/mol. The Morgan fingerprint density at radius 3 is 1.78 bits per heavy atom. The molecule has 0 heterocycles. The van der Waals surface area contributed by atoms with Crippen molar-refractivity contribution in [3.05, 3.63) is 0 Å². The monoisotopic (exact) mass is 454 g/mol. The van der Waals surface area contributed by atoms with Gasteiger partial charge in [-0.25, -0.2) is 0 Å². The number of carbonyl (C=O) groups excluding carboxylic acids is 3. The van der Waals surface area contributed by atoms with E-state index in [1.165, 1.54) is 0 Å². The van der Waals surface area contributed by atoms with Crippen molar-refractivity contribution in [3.8, 4) is 0 Å². The zero-order chi connectivity index (χ0) is 25.1. The summed E-state index contributed by atoms with van der Waals surface area (Å²) in [6.07, 6.45) is 4.10. The number of primary amides is 1. The highest BCUT2D eigenvalue weighted by molar-refractivity contribution is 5.79. The molecule has 0 aromatic carbocycles. The normalized spacial score (nSPS) is 15.2. The average Bonchev–Trinajstić information content (AvgIpc) is 2.67. The SMILES string of the molecule is CC(C)CC(C(N)=O)C(C)(C)C(C)CC(C(=O)NCCCCCNC(=O)CN)C(C)(C)C. The molecule has 0 aliphatic heterocycles. The summed E-state index contributed by atoms with van der Waals surface area (Å²) in [6, 6.07) is 0. The lowest BCUT2D eigenvalue weighted by atomic mass is 9.63. The van der Waals surface area contributed by atoms with Gasteiger partial charge in [-0.15, -0.1) is 0 Å².